The zero-order chi connectivity index (χ0) is 14.4. The van der Waals surface area contributed by atoms with Gasteiger partial charge in [0.05, 0.1) is 0 Å². The number of nitrogens with zero attached hydrogens (tertiary/aromatic N) is 1. The molecule has 1 aliphatic rings. The molecule has 3 heteroatoms. The highest BCUT2D eigenvalue weighted by atomic mass is 19.1. The van der Waals surface area contributed by atoms with E-state index in [1.165, 1.54) is 31.7 Å². The first-order valence-corrected chi connectivity index (χ1v) is 7.90. The van der Waals surface area contributed by atoms with Gasteiger partial charge in [0.15, 0.2) is 0 Å². The Morgan fingerprint density at radius 3 is 2.80 bits per heavy atom. The van der Waals surface area contributed by atoms with Crippen molar-refractivity contribution in [3.63, 3.8) is 0 Å². The number of benzene rings is 1. The Morgan fingerprint density at radius 2 is 2.20 bits per heavy atom. The highest BCUT2D eigenvalue weighted by molar-refractivity contribution is 5.46. The summed E-state index contributed by atoms with van der Waals surface area (Å²) in [5, 5.41) is 3.55. The topological polar surface area (TPSA) is 15.3 Å². The van der Waals surface area contributed by atoms with E-state index in [2.05, 4.69) is 24.1 Å². The average molecular weight is 278 g/mol. The number of rotatable bonds is 6. The Balaban J connectivity index is 2.14. The minimum absolute atomic E-state index is 0.146. The zero-order valence-corrected chi connectivity index (χ0v) is 12.8. The summed E-state index contributed by atoms with van der Waals surface area (Å²) < 4.78 is 13.4. The molecule has 1 heterocycles. The predicted molar refractivity (Wildman–Crippen MR) is 83.7 cm³/mol. The normalized spacial score (nSPS) is 22.8. The van der Waals surface area contributed by atoms with Crippen LogP contribution in [0.25, 0.3) is 0 Å². The van der Waals surface area contributed by atoms with Crippen LogP contribution in [-0.2, 0) is 0 Å². The molecule has 112 valence electrons. The second-order valence-electron chi connectivity index (χ2n) is 6.02. The summed E-state index contributed by atoms with van der Waals surface area (Å²) in [5.74, 6) is -0.146. The van der Waals surface area contributed by atoms with E-state index in [4.69, 9.17) is 0 Å². The Bertz CT molecular complexity index is 408. The summed E-state index contributed by atoms with van der Waals surface area (Å²) in [6.45, 7) is 8.59. The quantitative estimate of drug-likeness (QED) is 0.851. The second kappa shape index (κ2) is 7.07. The lowest BCUT2D eigenvalue weighted by Gasteiger charge is -2.42. The predicted octanol–water partition coefficient (Wildman–Crippen LogP) is 3.82. The van der Waals surface area contributed by atoms with Crippen LogP contribution in [0, 0.1) is 11.2 Å². The molecule has 2 nitrogen and oxygen atoms in total. The lowest BCUT2D eigenvalue weighted by atomic mass is 9.76. The smallest absolute Gasteiger partial charge is 0.125 e. The summed E-state index contributed by atoms with van der Waals surface area (Å²) in [6.07, 6.45) is 4.98. The third-order valence-electron chi connectivity index (χ3n) is 4.42. The van der Waals surface area contributed by atoms with Crippen molar-refractivity contribution in [2.45, 2.75) is 39.5 Å². The van der Waals surface area contributed by atoms with E-state index < -0.39 is 0 Å². The fraction of sp³-hybridized carbons (Fsp3) is 0.647. The minimum atomic E-state index is -0.146. The minimum Gasteiger partial charge on any atom is -0.371 e. The van der Waals surface area contributed by atoms with E-state index in [0.29, 0.717) is 5.41 Å². The van der Waals surface area contributed by atoms with Gasteiger partial charge in [-0.3, -0.25) is 0 Å². The Kier molecular flexibility index (Phi) is 5.41. The molecular formula is C17H27FN2. The van der Waals surface area contributed by atoms with Crippen LogP contribution in [-0.4, -0.2) is 26.2 Å². The van der Waals surface area contributed by atoms with Crippen LogP contribution < -0.4 is 10.2 Å². The van der Waals surface area contributed by atoms with E-state index in [0.717, 1.165) is 31.9 Å². The molecule has 0 saturated carbocycles. The molecular weight excluding hydrogens is 251 g/mol. The fourth-order valence-corrected chi connectivity index (χ4v) is 3.45. The van der Waals surface area contributed by atoms with Crippen LogP contribution in [0.1, 0.15) is 39.5 Å². The van der Waals surface area contributed by atoms with E-state index in [1.807, 2.05) is 6.07 Å². The Morgan fingerprint density at radius 1 is 1.35 bits per heavy atom. The van der Waals surface area contributed by atoms with Crippen LogP contribution in [0.4, 0.5) is 10.1 Å². The molecule has 1 N–H and O–H groups in total. The van der Waals surface area contributed by atoms with Gasteiger partial charge in [0, 0.05) is 30.7 Å². The van der Waals surface area contributed by atoms with Crippen molar-refractivity contribution < 1.29 is 4.39 Å². The van der Waals surface area contributed by atoms with Gasteiger partial charge in [-0.05, 0) is 50.9 Å². The number of halogens is 1. The molecule has 1 aromatic carbocycles. The first kappa shape index (κ1) is 15.3. The molecule has 1 fully saturated rings. The summed E-state index contributed by atoms with van der Waals surface area (Å²) in [5.41, 5.74) is 1.35. The average Bonchev–Trinajstić information content (AvgIpc) is 2.46. The monoisotopic (exact) mass is 278 g/mol. The molecule has 0 amide bonds. The van der Waals surface area contributed by atoms with Crippen LogP contribution in [0.3, 0.4) is 0 Å². The van der Waals surface area contributed by atoms with E-state index in [-0.39, 0.29) is 5.82 Å². The van der Waals surface area contributed by atoms with Gasteiger partial charge >= 0.3 is 0 Å². The number of nitrogens with one attached hydrogen (secondary N) is 1. The van der Waals surface area contributed by atoms with Gasteiger partial charge in [0.2, 0.25) is 0 Å². The van der Waals surface area contributed by atoms with Crippen molar-refractivity contribution in [3.05, 3.63) is 30.1 Å². The second-order valence-corrected chi connectivity index (χ2v) is 6.02. The number of anilines is 1. The summed E-state index contributed by atoms with van der Waals surface area (Å²) in [6, 6.07) is 6.99. The summed E-state index contributed by atoms with van der Waals surface area (Å²) >= 11 is 0. The van der Waals surface area contributed by atoms with Gasteiger partial charge in [-0.1, -0.05) is 19.4 Å². The van der Waals surface area contributed by atoms with Crippen molar-refractivity contribution in [2.75, 3.05) is 31.1 Å². The van der Waals surface area contributed by atoms with E-state index >= 15 is 0 Å². The van der Waals surface area contributed by atoms with E-state index in [1.54, 1.807) is 12.1 Å². The van der Waals surface area contributed by atoms with Crippen molar-refractivity contribution in [1.82, 2.24) is 5.32 Å². The van der Waals surface area contributed by atoms with Gasteiger partial charge in [0.1, 0.15) is 5.82 Å². The third-order valence-corrected chi connectivity index (χ3v) is 4.42. The summed E-state index contributed by atoms with van der Waals surface area (Å²) in [7, 11) is 0. The van der Waals surface area contributed by atoms with Crippen LogP contribution >= 0.6 is 0 Å². The lowest BCUT2D eigenvalue weighted by Crippen LogP contribution is -2.47. The molecule has 1 unspecified atom stereocenters. The highest BCUT2D eigenvalue weighted by Crippen LogP contribution is 2.34. The maximum atomic E-state index is 13.4. The number of hydrogen-bond acceptors (Lipinski definition) is 2. The Hall–Kier alpha value is -1.09. The molecule has 0 aliphatic carbocycles. The first-order chi connectivity index (χ1) is 9.69. The molecule has 0 radical (unpaired) electrons. The highest BCUT2D eigenvalue weighted by Gasteiger charge is 2.32. The fourth-order valence-electron chi connectivity index (χ4n) is 3.45. The number of piperidine rings is 1. The van der Waals surface area contributed by atoms with Crippen molar-refractivity contribution in [3.8, 4) is 0 Å². The van der Waals surface area contributed by atoms with Crippen molar-refractivity contribution in [2.24, 2.45) is 5.41 Å². The Labute approximate surface area is 122 Å². The van der Waals surface area contributed by atoms with Crippen LogP contribution in [0.15, 0.2) is 24.3 Å². The first-order valence-electron chi connectivity index (χ1n) is 7.90. The molecule has 1 aromatic rings. The molecule has 1 aliphatic heterocycles. The standard InChI is InChI=1S/C17H27FN2/c1-3-9-17(10-6-11-19-13-17)14-20(4-2)16-8-5-7-15(18)12-16/h5,7-8,12,19H,3-4,6,9-11,13-14H2,1-2H3. The maximum Gasteiger partial charge on any atom is 0.125 e. The van der Waals surface area contributed by atoms with E-state index in [9.17, 15) is 4.39 Å². The van der Waals surface area contributed by atoms with Gasteiger partial charge in [-0.2, -0.15) is 0 Å². The lowest BCUT2D eigenvalue weighted by molar-refractivity contribution is 0.195. The third kappa shape index (κ3) is 3.72. The molecule has 1 saturated heterocycles. The zero-order valence-electron chi connectivity index (χ0n) is 12.8. The van der Waals surface area contributed by atoms with Gasteiger partial charge in [-0.15, -0.1) is 0 Å². The van der Waals surface area contributed by atoms with Crippen molar-refractivity contribution >= 4 is 5.69 Å². The van der Waals surface area contributed by atoms with Crippen LogP contribution in [0.5, 0.6) is 0 Å². The molecule has 0 spiro atoms. The van der Waals surface area contributed by atoms with Crippen molar-refractivity contribution in [1.29, 1.82) is 0 Å². The van der Waals surface area contributed by atoms with Gasteiger partial charge in [0.25, 0.3) is 0 Å². The van der Waals surface area contributed by atoms with Gasteiger partial charge < -0.3 is 10.2 Å². The largest absolute Gasteiger partial charge is 0.371 e. The van der Waals surface area contributed by atoms with Gasteiger partial charge in [-0.25, -0.2) is 4.39 Å². The molecule has 0 bridgehead atoms. The van der Waals surface area contributed by atoms with Crippen LogP contribution in [0.2, 0.25) is 0 Å². The molecule has 20 heavy (non-hydrogen) atoms. The molecule has 0 aromatic heterocycles. The SMILES string of the molecule is CCCC1(CN(CC)c2cccc(F)c2)CCCNC1. The summed E-state index contributed by atoms with van der Waals surface area (Å²) in [4.78, 5) is 2.33. The molecule has 1 atom stereocenters. The molecule has 2 rings (SSSR count). The maximum absolute atomic E-state index is 13.4. The number of hydrogen-bond donors (Lipinski definition) is 1.